The average molecular weight is 345 g/mol. The standard InChI is InChI=1S/C17H19N3OS2/c1-11(2)16(21)20-14(7-9-22-4)15-12(3)19-17(23-15)13-6-5-8-18-10-13/h5-6,8,10-11,14H,1-4H3,(H,20,21). The molecule has 1 atom stereocenters. The maximum absolute atomic E-state index is 12.1. The van der Waals surface area contributed by atoms with Gasteiger partial charge in [0.25, 0.3) is 0 Å². The van der Waals surface area contributed by atoms with Crippen molar-refractivity contribution in [3.8, 4) is 21.7 Å². The van der Waals surface area contributed by atoms with Gasteiger partial charge in [0.2, 0.25) is 5.91 Å². The maximum atomic E-state index is 12.1. The van der Waals surface area contributed by atoms with Gasteiger partial charge in [0.05, 0.1) is 10.6 Å². The van der Waals surface area contributed by atoms with Crippen LogP contribution in [0.2, 0.25) is 0 Å². The summed E-state index contributed by atoms with van der Waals surface area (Å²) < 4.78 is 0. The molecule has 0 aromatic carbocycles. The molecule has 6 heteroatoms. The van der Waals surface area contributed by atoms with Crippen LogP contribution in [0, 0.1) is 24.0 Å². The Bertz CT molecular complexity index is 729. The number of carbonyl (C=O) groups excluding carboxylic acids is 1. The Morgan fingerprint density at radius 1 is 1.43 bits per heavy atom. The first kappa shape index (κ1) is 17.5. The molecule has 2 aromatic rings. The van der Waals surface area contributed by atoms with Crippen LogP contribution in [-0.4, -0.2) is 22.1 Å². The van der Waals surface area contributed by atoms with E-state index in [1.54, 1.807) is 23.7 Å². The summed E-state index contributed by atoms with van der Waals surface area (Å²) in [6.07, 6.45) is 5.44. The Morgan fingerprint density at radius 3 is 2.83 bits per heavy atom. The van der Waals surface area contributed by atoms with Gasteiger partial charge in [0, 0.05) is 23.9 Å². The SMILES string of the molecule is CSC#CC(NC(=O)C(C)C)c1sc(-c2cccnc2)nc1C. The van der Waals surface area contributed by atoms with Crippen LogP contribution in [0.4, 0.5) is 0 Å². The van der Waals surface area contributed by atoms with E-state index in [0.29, 0.717) is 0 Å². The minimum Gasteiger partial charge on any atom is -0.337 e. The van der Waals surface area contributed by atoms with Gasteiger partial charge in [-0.25, -0.2) is 4.98 Å². The number of amides is 1. The first-order valence-electron chi connectivity index (χ1n) is 7.24. The van der Waals surface area contributed by atoms with E-state index in [9.17, 15) is 4.79 Å². The molecule has 0 radical (unpaired) electrons. The fourth-order valence-electron chi connectivity index (χ4n) is 1.88. The summed E-state index contributed by atoms with van der Waals surface area (Å²) >= 11 is 2.98. The Kier molecular flexibility index (Phi) is 6.20. The van der Waals surface area contributed by atoms with Gasteiger partial charge in [-0.2, -0.15) is 0 Å². The Hall–Kier alpha value is -1.84. The second kappa shape index (κ2) is 8.14. The number of nitrogens with zero attached hydrogens (tertiary/aromatic N) is 2. The predicted octanol–water partition coefficient (Wildman–Crippen LogP) is 3.65. The number of aromatic nitrogens is 2. The summed E-state index contributed by atoms with van der Waals surface area (Å²) in [6, 6.07) is 3.53. The number of pyridine rings is 1. The Balaban J connectivity index is 2.35. The van der Waals surface area contributed by atoms with E-state index in [1.807, 2.05) is 39.2 Å². The van der Waals surface area contributed by atoms with Gasteiger partial charge in [0.1, 0.15) is 11.0 Å². The van der Waals surface area contributed by atoms with Crippen molar-refractivity contribution < 1.29 is 4.79 Å². The lowest BCUT2D eigenvalue weighted by Gasteiger charge is -2.14. The molecule has 0 saturated heterocycles. The third-order valence-corrected chi connectivity index (χ3v) is 4.71. The van der Waals surface area contributed by atoms with Gasteiger partial charge in [0.15, 0.2) is 0 Å². The number of aryl methyl sites for hydroxylation is 1. The van der Waals surface area contributed by atoms with Gasteiger partial charge in [-0.1, -0.05) is 31.5 Å². The van der Waals surface area contributed by atoms with E-state index in [1.165, 1.54) is 11.8 Å². The van der Waals surface area contributed by atoms with Crippen LogP contribution in [0.25, 0.3) is 10.6 Å². The molecule has 0 aliphatic rings. The number of thioether (sulfide) groups is 1. The summed E-state index contributed by atoms with van der Waals surface area (Å²) in [4.78, 5) is 21.8. The van der Waals surface area contributed by atoms with E-state index >= 15 is 0 Å². The first-order chi connectivity index (χ1) is 11.0. The van der Waals surface area contributed by atoms with Crippen LogP contribution >= 0.6 is 23.1 Å². The van der Waals surface area contributed by atoms with Gasteiger partial charge in [-0.3, -0.25) is 9.78 Å². The highest BCUT2D eigenvalue weighted by atomic mass is 32.2. The summed E-state index contributed by atoms with van der Waals surface area (Å²) in [7, 11) is 0. The van der Waals surface area contributed by atoms with Crippen LogP contribution in [0.3, 0.4) is 0 Å². The number of rotatable bonds is 4. The Labute approximate surface area is 145 Å². The highest BCUT2D eigenvalue weighted by Crippen LogP contribution is 2.31. The molecule has 0 bridgehead atoms. The first-order valence-corrected chi connectivity index (χ1v) is 9.28. The van der Waals surface area contributed by atoms with E-state index < -0.39 is 0 Å². The highest BCUT2D eigenvalue weighted by molar-refractivity contribution is 8.03. The number of thiazole rings is 1. The molecule has 0 aliphatic heterocycles. The second-order valence-electron chi connectivity index (χ2n) is 5.26. The molecule has 120 valence electrons. The van der Waals surface area contributed by atoms with Gasteiger partial charge >= 0.3 is 0 Å². The predicted molar refractivity (Wildman–Crippen MR) is 97.1 cm³/mol. The quantitative estimate of drug-likeness (QED) is 0.860. The summed E-state index contributed by atoms with van der Waals surface area (Å²) in [5, 5.41) is 6.88. The van der Waals surface area contributed by atoms with Crippen molar-refractivity contribution in [2.75, 3.05) is 6.26 Å². The zero-order chi connectivity index (χ0) is 16.8. The van der Waals surface area contributed by atoms with Crippen molar-refractivity contribution in [3.63, 3.8) is 0 Å². The van der Waals surface area contributed by atoms with Gasteiger partial charge < -0.3 is 5.32 Å². The average Bonchev–Trinajstić information content (AvgIpc) is 2.93. The molecule has 0 fully saturated rings. The molecule has 2 rings (SSSR count). The van der Waals surface area contributed by atoms with E-state index in [0.717, 1.165) is 21.1 Å². The van der Waals surface area contributed by atoms with Crippen LogP contribution in [0.1, 0.15) is 30.5 Å². The van der Waals surface area contributed by atoms with Gasteiger partial charge in [-0.15, -0.1) is 11.3 Å². The van der Waals surface area contributed by atoms with Crippen molar-refractivity contribution in [2.24, 2.45) is 5.92 Å². The van der Waals surface area contributed by atoms with E-state index in [2.05, 4.69) is 26.5 Å². The fraction of sp³-hybridized carbons (Fsp3) is 0.353. The van der Waals surface area contributed by atoms with Crippen molar-refractivity contribution in [3.05, 3.63) is 35.1 Å². The summed E-state index contributed by atoms with van der Waals surface area (Å²) in [5.74, 6) is 3.02. The number of carbonyl (C=O) groups is 1. The van der Waals surface area contributed by atoms with Crippen LogP contribution < -0.4 is 5.32 Å². The largest absolute Gasteiger partial charge is 0.337 e. The van der Waals surface area contributed by atoms with Crippen molar-refractivity contribution in [2.45, 2.75) is 26.8 Å². The summed E-state index contributed by atoms with van der Waals surface area (Å²) in [5.41, 5.74) is 1.86. The lowest BCUT2D eigenvalue weighted by molar-refractivity contribution is -0.124. The molecule has 2 aromatic heterocycles. The molecule has 2 heterocycles. The van der Waals surface area contributed by atoms with Crippen LogP contribution in [-0.2, 0) is 4.79 Å². The lowest BCUT2D eigenvalue weighted by Crippen LogP contribution is -2.31. The zero-order valence-electron chi connectivity index (χ0n) is 13.6. The van der Waals surface area contributed by atoms with E-state index in [-0.39, 0.29) is 17.9 Å². The topological polar surface area (TPSA) is 54.9 Å². The number of hydrogen-bond donors (Lipinski definition) is 1. The smallest absolute Gasteiger partial charge is 0.223 e. The maximum Gasteiger partial charge on any atom is 0.223 e. The lowest BCUT2D eigenvalue weighted by atomic mass is 10.1. The fourth-order valence-corrected chi connectivity index (χ4v) is 3.18. The molecule has 1 amide bonds. The van der Waals surface area contributed by atoms with Crippen molar-refractivity contribution in [1.82, 2.24) is 15.3 Å². The third-order valence-electron chi connectivity index (χ3n) is 3.12. The Morgan fingerprint density at radius 2 is 2.22 bits per heavy atom. The molecule has 0 saturated carbocycles. The molecule has 23 heavy (non-hydrogen) atoms. The minimum atomic E-state index is -0.333. The number of nitrogens with one attached hydrogen (secondary N) is 1. The second-order valence-corrected chi connectivity index (χ2v) is 6.90. The molecular formula is C17H19N3OS2. The van der Waals surface area contributed by atoms with Crippen LogP contribution in [0.15, 0.2) is 24.5 Å². The zero-order valence-corrected chi connectivity index (χ0v) is 15.2. The normalized spacial score (nSPS) is 11.7. The highest BCUT2D eigenvalue weighted by Gasteiger charge is 2.20. The summed E-state index contributed by atoms with van der Waals surface area (Å²) in [6.45, 7) is 5.69. The molecule has 0 spiro atoms. The van der Waals surface area contributed by atoms with Crippen molar-refractivity contribution >= 4 is 29.0 Å². The van der Waals surface area contributed by atoms with Gasteiger partial charge in [-0.05, 0) is 30.6 Å². The molecule has 1 unspecified atom stereocenters. The molecular weight excluding hydrogens is 326 g/mol. The van der Waals surface area contributed by atoms with Crippen LogP contribution in [0.5, 0.6) is 0 Å². The van der Waals surface area contributed by atoms with Crippen molar-refractivity contribution in [1.29, 1.82) is 0 Å². The molecule has 1 N–H and O–H groups in total. The number of hydrogen-bond acceptors (Lipinski definition) is 5. The van der Waals surface area contributed by atoms with E-state index in [4.69, 9.17) is 0 Å². The third kappa shape index (κ3) is 4.57. The monoisotopic (exact) mass is 345 g/mol. The molecule has 4 nitrogen and oxygen atoms in total. The minimum absolute atomic E-state index is 0.0128. The molecule has 0 aliphatic carbocycles.